The normalized spacial score (nSPS) is 20.0. The Hall–Kier alpha value is -2.88. The van der Waals surface area contributed by atoms with Gasteiger partial charge in [-0.1, -0.05) is 6.42 Å². The highest BCUT2D eigenvalue weighted by Crippen LogP contribution is 2.26. The lowest BCUT2D eigenvalue weighted by Gasteiger charge is -2.24. The van der Waals surface area contributed by atoms with Gasteiger partial charge in [0.2, 0.25) is 0 Å². The lowest BCUT2D eigenvalue weighted by molar-refractivity contribution is -0.136. The Balaban J connectivity index is 1.78. The molecule has 1 aliphatic carbocycles. The molecule has 0 bridgehead atoms. The monoisotopic (exact) mass is 388 g/mol. The molecular weight excluding hydrogens is 364 g/mol. The number of nitrogens with one attached hydrogen (secondary N) is 2. The zero-order chi connectivity index (χ0) is 20.3. The number of fused-ring (bicyclic) bond motifs is 1. The van der Waals surface area contributed by atoms with Gasteiger partial charge in [0.05, 0.1) is 18.2 Å². The van der Waals surface area contributed by atoms with Gasteiger partial charge < -0.3 is 15.4 Å². The van der Waals surface area contributed by atoms with E-state index in [1.807, 2.05) is 0 Å². The molecule has 2 atom stereocenters. The number of carbonyl (C=O) groups is 3. The molecule has 10 nitrogen and oxygen atoms in total. The van der Waals surface area contributed by atoms with Crippen LogP contribution >= 0.6 is 0 Å². The Morgan fingerprint density at radius 2 is 2.11 bits per heavy atom. The first-order valence-electron chi connectivity index (χ1n) is 9.27. The Labute approximate surface area is 162 Å². The smallest absolute Gasteiger partial charge is 0.314 e. The zero-order valence-corrected chi connectivity index (χ0v) is 16.2. The van der Waals surface area contributed by atoms with E-state index >= 15 is 0 Å². The summed E-state index contributed by atoms with van der Waals surface area (Å²) < 4.78 is 6.22. The molecule has 1 aliphatic heterocycles. The van der Waals surface area contributed by atoms with Crippen LogP contribution in [0.4, 0.5) is 5.82 Å². The van der Waals surface area contributed by atoms with Crippen molar-refractivity contribution in [3.8, 4) is 0 Å². The molecule has 0 radical (unpaired) electrons. The van der Waals surface area contributed by atoms with Crippen LogP contribution < -0.4 is 10.6 Å². The van der Waals surface area contributed by atoms with Crippen molar-refractivity contribution in [3.05, 3.63) is 11.8 Å². The van der Waals surface area contributed by atoms with Gasteiger partial charge in [-0.2, -0.15) is 14.8 Å². The third-order valence-corrected chi connectivity index (χ3v) is 4.59. The molecule has 2 heterocycles. The van der Waals surface area contributed by atoms with Crippen LogP contribution in [0.3, 0.4) is 0 Å². The van der Waals surface area contributed by atoms with Crippen LogP contribution in [0.1, 0.15) is 38.3 Å². The zero-order valence-electron chi connectivity index (χ0n) is 16.2. The van der Waals surface area contributed by atoms with Crippen LogP contribution in [0.5, 0.6) is 0 Å². The van der Waals surface area contributed by atoms with Crippen LogP contribution in [0.2, 0.25) is 0 Å². The third kappa shape index (κ3) is 4.33. The molecule has 1 aromatic heterocycles. The highest BCUT2D eigenvalue weighted by Gasteiger charge is 2.32. The Morgan fingerprint density at radius 3 is 2.86 bits per heavy atom. The number of rotatable bonds is 4. The molecule has 2 N–H and O–H groups in total. The summed E-state index contributed by atoms with van der Waals surface area (Å²) in [6, 6.07) is 1.27. The molecule has 0 spiro atoms. The van der Waals surface area contributed by atoms with Gasteiger partial charge in [0, 0.05) is 24.9 Å². The summed E-state index contributed by atoms with van der Waals surface area (Å²) in [6.45, 7) is 3.74. The SMILES string of the molecule is COCC(C)NC(=O)C(=O)Nc1cc(C)nn1C1=NC(=O)C2CCCCC2=N1. The maximum absolute atomic E-state index is 12.4. The van der Waals surface area contributed by atoms with Gasteiger partial charge in [-0.05, 0) is 33.1 Å². The second kappa shape index (κ2) is 8.42. The van der Waals surface area contributed by atoms with E-state index < -0.39 is 11.8 Å². The summed E-state index contributed by atoms with van der Waals surface area (Å²) >= 11 is 0. The quantitative estimate of drug-likeness (QED) is 0.733. The molecule has 1 saturated carbocycles. The van der Waals surface area contributed by atoms with Gasteiger partial charge in [-0.3, -0.25) is 14.4 Å². The highest BCUT2D eigenvalue weighted by molar-refractivity contribution is 6.39. The number of nitrogens with zero attached hydrogens (tertiary/aromatic N) is 4. The largest absolute Gasteiger partial charge is 0.383 e. The van der Waals surface area contributed by atoms with E-state index in [2.05, 4.69) is 25.7 Å². The van der Waals surface area contributed by atoms with E-state index in [-0.39, 0.29) is 36.3 Å². The molecule has 3 rings (SSSR count). The van der Waals surface area contributed by atoms with E-state index in [0.29, 0.717) is 5.69 Å². The average molecular weight is 388 g/mol. The second-order valence-electron chi connectivity index (χ2n) is 7.02. The van der Waals surface area contributed by atoms with Crippen molar-refractivity contribution in [3.63, 3.8) is 0 Å². The van der Waals surface area contributed by atoms with Gasteiger partial charge in [0.25, 0.3) is 11.9 Å². The van der Waals surface area contributed by atoms with Crippen molar-refractivity contribution in [1.82, 2.24) is 15.1 Å². The third-order valence-electron chi connectivity index (χ3n) is 4.59. The van der Waals surface area contributed by atoms with E-state index in [0.717, 1.165) is 31.4 Å². The standard InChI is InChI=1S/C18H24N6O4/c1-10-8-14(21-17(27)16(26)19-11(2)9-28-3)24(23-10)18-20-13-7-5-4-6-12(13)15(25)22-18/h8,11-12H,4-7,9H2,1-3H3,(H,19,26)(H,21,27). The molecule has 0 saturated heterocycles. The molecule has 1 fully saturated rings. The Bertz CT molecular complexity index is 856. The molecule has 0 aromatic carbocycles. The molecular formula is C18H24N6O4. The summed E-state index contributed by atoms with van der Waals surface area (Å²) in [4.78, 5) is 45.2. The highest BCUT2D eigenvalue weighted by atomic mass is 16.5. The number of aryl methyl sites for hydroxylation is 1. The fourth-order valence-electron chi connectivity index (χ4n) is 3.31. The number of amides is 3. The first-order chi connectivity index (χ1) is 13.4. The van der Waals surface area contributed by atoms with Crippen molar-refractivity contribution in [2.24, 2.45) is 15.9 Å². The number of aliphatic imine (C=N–C) groups is 2. The Kier molecular flexibility index (Phi) is 5.98. The lowest BCUT2D eigenvalue weighted by Crippen LogP contribution is -2.42. The van der Waals surface area contributed by atoms with Crippen molar-refractivity contribution < 1.29 is 19.1 Å². The van der Waals surface area contributed by atoms with Crippen LogP contribution in [-0.4, -0.2) is 58.9 Å². The van der Waals surface area contributed by atoms with E-state index in [9.17, 15) is 14.4 Å². The number of hydrogen-bond donors (Lipinski definition) is 2. The number of ether oxygens (including phenoxy) is 1. The fraction of sp³-hybridized carbons (Fsp3) is 0.556. The number of hydrogen-bond acceptors (Lipinski definition) is 6. The molecule has 1 aromatic rings. The molecule has 10 heteroatoms. The van der Waals surface area contributed by atoms with Gasteiger partial charge in [0.15, 0.2) is 0 Å². The van der Waals surface area contributed by atoms with Crippen LogP contribution in [0.15, 0.2) is 16.1 Å². The van der Waals surface area contributed by atoms with E-state index in [1.165, 1.54) is 11.8 Å². The van der Waals surface area contributed by atoms with Crippen molar-refractivity contribution in [2.75, 3.05) is 19.0 Å². The number of anilines is 1. The maximum atomic E-state index is 12.4. The topological polar surface area (TPSA) is 127 Å². The van der Waals surface area contributed by atoms with Crippen molar-refractivity contribution in [1.29, 1.82) is 0 Å². The van der Waals surface area contributed by atoms with Gasteiger partial charge in [-0.15, -0.1) is 0 Å². The first kappa shape index (κ1) is 19.9. The molecule has 2 aliphatic rings. The fourth-order valence-corrected chi connectivity index (χ4v) is 3.31. The molecule has 28 heavy (non-hydrogen) atoms. The molecule has 150 valence electrons. The van der Waals surface area contributed by atoms with Gasteiger partial charge in [-0.25, -0.2) is 4.99 Å². The minimum Gasteiger partial charge on any atom is -0.383 e. The molecule has 2 unspecified atom stereocenters. The van der Waals surface area contributed by atoms with Crippen LogP contribution in [-0.2, 0) is 19.1 Å². The van der Waals surface area contributed by atoms with Gasteiger partial charge >= 0.3 is 11.8 Å². The second-order valence-corrected chi connectivity index (χ2v) is 7.02. The van der Waals surface area contributed by atoms with E-state index in [4.69, 9.17) is 4.74 Å². The summed E-state index contributed by atoms with van der Waals surface area (Å²) in [6.07, 6.45) is 3.48. The van der Waals surface area contributed by atoms with Crippen LogP contribution in [0.25, 0.3) is 0 Å². The predicted octanol–water partition coefficient (Wildman–Crippen LogP) is 0.657. The maximum Gasteiger partial charge on any atom is 0.314 e. The molecule has 3 amide bonds. The predicted molar refractivity (Wildman–Crippen MR) is 102 cm³/mol. The number of methoxy groups -OCH3 is 1. The summed E-state index contributed by atoms with van der Waals surface area (Å²) in [7, 11) is 1.51. The van der Waals surface area contributed by atoms with Crippen molar-refractivity contribution in [2.45, 2.75) is 45.6 Å². The lowest BCUT2D eigenvalue weighted by atomic mass is 9.86. The van der Waals surface area contributed by atoms with Crippen LogP contribution in [0, 0.1) is 12.8 Å². The van der Waals surface area contributed by atoms with Gasteiger partial charge in [0.1, 0.15) is 5.82 Å². The van der Waals surface area contributed by atoms with Crippen molar-refractivity contribution >= 4 is 35.2 Å². The minimum absolute atomic E-state index is 0.106. The minimum atomic E-state index is -0.852. The summed E-state index contributed by atoms with van der Waals surface area (Å²) in [5.41, 5.74) is 1.39. The number of aromatic nitrogens is 2. The summed E-state index contributed by atoms with van der Waals surface area (Å²) in [5, 5.41) is 9.31. The Morgan fingerprint density at radius 1 is 1.32 bits per heavy atom. The number of carbonyl (C=O) groups excluding carboxylic acids is 3. The average Bonchev–Trinajstić information content (AvgIpc) is 3.02. The van der Waals surface area contributed by atoms with E-state index in [1.54, 1.807) is 19.9 Å². The first-order valence-corrected chi connectivity index (χ1v) is 9.27. The summed E-state index contributed by atoms with van der Waals surface area (Å²) in [5.74, 6) is -1.81.